The predicted octanol–water partition coefficient (Wildman–Crippen LogP) is 1.46. The molecule has 0 atom stereocenters. The van der Waals surface area contributed by atoms with Crippen molar-refractivity contribution in [2.24, 2.45) is 0 Å². The molecule has 0 unspecified atom stereocenters. The number of nitrogens with one attached hydrogen (secondary N) is 2. The van der Waals surface area contributed by atoms with Crippen LogP contribution in [-0.2, 0) is 11.0 Å². The second-order valence-electron chi connectivity index (χ2n) is 4.01. The number of aryl methyl sites for hydroxylation is 1. The lowest BCUT2D eigenvalue weighted by Crippen LogP contribution is -2.29. The van der Waals surface area contributed by atoms with Crippen LogP contribution in [0.25, 0.3) is 11.0 Å². The van der Waals surface area contributed by atoms with Crippen molar-refractivity contribution in [3.8, 4) is 0 Å². The first-order valence-electron chi connectivity index (χ1n) is 5.82. The van der Waals surface area contributed by atoms with Crippen molar-refractivity contribution in [2.75, 3.05) is 0 Å². The molecule has 1 aromatic carbocycles. The van der Waals surface area contributed by atoms with Crippen LogP contribution in [0.4, 0.5) is 0 Å². The van der Waals surface area contributed by atoms with Gasteiger partial charge in [0.2, 0.25) is 0 Å². The van der Waals surface area contributed by atoms with Gasteiger partial charge in [0.1, 0.15) is 0 Å². The van der Waals surface area contributed by atoms with Crippen LogP contribution in [0.2, 0.25) is 0 Å². The third-order valence-corrected chi connectivity index (χ3v) is 2.95. The Morgan fingerprint density at radius 3 is 2.38 bits per heavy atom. The molecule has 1 heterocycles. The zero-order chi connectivity index (χ0) is 16.0. The molecule has 4 N–H and O–H groups in total. The average Bonchev–Trinajstić information content (AvgIpc) is 2.37. The molecule has 0 aliphatic heterocycles. The van der Waals surface area contributed by atoms with Crippen LogP contribution >= 0.6 is 24.2 Å². The van der Waals surface area contributed by atoms with Gasteiger partial charge >= 0.3 is 19.4 Å². The van der Waals surface area contributed by atoms with E-state index in [0.717, 1.165) is 22.9 Å². The highest BCUT2D eigenvalue weighted by Crippen LogP contribution is 2.21. The van der Waals surface area contributed by atoms with Crippen molar-refractivity contribution in [2.45, 2.75) is 12.8 Å². The maximum absolute atomic E-state index is 11.3. The van der Waals surface area contributed by atoms with E-state index in [1.165, 1.54) is 0 Å². The Hall–Kier alpha value is -1.47. The molecule has 0 bridgehead atoms. The lowest BCUT2D eigenvalue weighted by molar-refractivity contribution is 0.405. The maximum atomic E-state index is 11.3. The summed E-state index contributed by atoms with van der Waals surface area (Å²) in [6.45, 7) is 3.67. The molecule has 0 aliphatic carbocycles. The van der Waals surface area contributed by atoms with Gasteiger partial charge in [-0.05, 0) is 30.5 Å². The van der Waals surface area contributed by atoms with Crippen molar-refractivity contribution >= 4 is 35.2 Å². The molecule has 9 heteroatoms. The van der Waals surface area contributed by atoms with Gasteiger partial charge in [-0.25, -0.2) is 0 Å². The molecule has 7 nitrogen and oxygen atoms in total. The van der Waals surface area contributed by atoms with Crippen LogP contribution in [0.3, 0.4) is 0 Å². The summed E-state index contributed by atoms with van der Waals surface area (Å²) in [4.78, 5) is 42.0. The van der Waals surface area contributed by atoms with Crippen molar-refractivity contribution in [3.63, 3.8) is 0 Å². The summed E-state index contributed by atoms with van der Waals surface area (Å²) in [5, 5.41) is 0. The minimum Gasteiger partial charge on any atom is -0.326 e. The fourth-order valence-electron chi connectivity index (χ4n) is 1.71. The van der Waals surface area contributed by atoms with Crippen LogP contribution in [0.5, 0.6) is 0 Å². The van der Waals surface area contributed by atoms with Crippen molar-refractivity contribution < 1.29 is 14.4 Å². The highest BCUT2D eigenvalue weighted by Gasteiger charge is 2.06. The van der Waals surface area contributed by atoms with Gasteiger partial charge < -0.3 is 19.8 Å². The molecule has 0 saturated heterocycles. The van der Waals surface area contributed by atoms with Crippen LogP contribution in [0, 0.1) is 0 Å². The number of fused-ring (bicyclic) bond motifs is 1. The molecular formula is C12H14BrN2O5P. The summed E-state index contributed by atoms with van der Waals surface area (Å²) in [6, 6.07) is 3.70. The summed E-state index contributed by atoms with van der Waals surface area (Å²) in [5.74, 6) is 0. The van der Waals surface area contributed by atoms with Gasteiger partial charge in [0.15, 0.2) is 0 Å². The Bertz CT molecular complexity index is 779. The van der Waals surface area contributed by atoms with Crippen molar-refractivity contribution in [1.82, 2.24) is 9.97 Å². The summed E-state index contributed by atoms with van der Waals surface area (Å²) in [5.41, 5.74) is 1.02. The van der Waals surface area contributed by atoms with E-state index in [-0.39, 0.29) is 0 Å². The highest BCUT2D eigenvalue weighted by atomic mass is 79.9. The molecule has 0 spiro atoms. The number of hydrogen-bond donors (Lipinski definition) is 4. The first-order chi connectivity index (χ1) is 9.85. The van der Waals surface area contributed by atoms with E-state index in [2.05, 4.69) is 32.5 Å². The zero-order valence-corrected chi connectivity index (χ0v) is 13.4. The number of rotatable bonds is 3. The third kappa shape index (κ3) is 5.43. The Labute approximate surface area is 128 Å². The van der Waals surface area contributed by atoms with Crippen molar-refractivity contribution in [1.29, 1.82) is 0 Å². The molecule has 21 heavy (non-hydrogen) atoms. The number of halogens is 1. The van der Waals surface area contributed by atoms with E-state index in [1.54, 1.807) is 6.07 Å². The number of aromatic amines is 2. The van der Waals surface area contributed by atoms with E-state index in [4.69, 9.17) is 14.4 Å². The van der Waals surface area contributed by atoms with Crippen LogP contribution in [-0.4, -0.2) is 19.8 Å². The van der Waals surface area contributed by atoms with E-state index < -0.39 is 19.4 Å². The number of allylic oxidation sites excluding steroid dienone is 1. The summed E-state index contributed by atoms with van der Waals surface area (Å²) >= 11 is 3.38. The number of H-pyrrole nitrogens is 2. The molecule has 114 valence electrons. The smallest absolute Gasteiger partial charge is 0.314 e. The molecule has 0 fully saturated rings. The first-order valence-corrected chi connectivity index (χ1v) is 7.92. The van der Waals surface area contributed by atoms with Crippen LogP contribution < -0.4 is 11.1 Å². The first kappa shape index (κ1) is 17.6. The largest absolute Gasteiger partial charge is 0.326 e. The summed E-state index contributed by atoms with van der Waals surface area (Å²) < 4.78 is 9.61. The third-order valence-electron chi connectivity index (χ3n) is 2.50. The van der Waals surface area contributed by atoms with E-state index in [1.807, 2.05) is 12.1 Å². The van der Waals surface area contributed by atoms with Gasteiger partial charge in [-0.2, -0.15) is 0 Å². The fraction of sp³-hybridized carbons (Fsp3) is 0.167. The zero-order valence-electron chi connectivity index (χ0n) is 10.9. The lowest BCUT2D eigenvalue weighted by atomic mass is 10.1. The Morgan fingerprint density at radius 2 is 1.81 bits per heavy atom. The summed E-state index contributed by atoms with van der Waals surface area (Å²) in [7, 11) is -3.13. The Kier molecular flexibility index (Phi) is 6.77. The number of hydrogen-bond acceptors (Lipinski definition) is 3. The van der Waals surface area contributed by atoms with Gasteiger partial charge in [0.05, 0.1) is 11.0 Å². The van der Waals surface area contributed by atoms with Crippen LogP contribution in [0.15, 0.2) is 38.8 Å². The molecule has 0 amide bonds. The highest BCUT2D eigenvalue weighted by molar-refractivity contribution is 9.10. The number of aromatic nitrogens is 2. The van der Waals surface area contributed by atoms with E-state index in [9.17, 15) is 9.59 Å². The molecular weight excluding hydrogens is 363 g/mol. The van der Waals surface area contributed by atoms with E-state index in [0.29, 0.717) is 11.0 Å². The Morgan fingerprint density at radius 1 is 1.24 bits per heavy atom. The molecule has 0 saturated carbocycles. The standard InChI is InChI=1S/C12H11BrN2O2.H3O3P/c1-2-3-4-7-5-8(13)6-9-10(7)15-12(17)11(16)14-9;1-4(2)3/h2,5-6H,1,3-4H2,(H,14,16)(H,15,17);4H,(H2,1,2,3). The van der Waals surface area contributed by atoms with Gasteiger partial charge in [-0.3, -0.25) is 14.2 Å². The molecule has 0 radical (unpaired) electrons. The molecule has 1 aromatic heterocycles. The van der Waals surface area contributed by atoms with Gasteiger partial charge in [-0.1, -0.05) is 22.0 Å². The lowest BCUT2D eigenvalue weighted by Gasteiger charge is -2.05. The quantitative estimate of drug-likeness (QED) is 0.366. The molecule has 0 aliphatic rings. The van der Waals surface area contributed by atoms with Gasteiger partial charge in [-0.15, -0.1) is 6.58 Å². The topological polar surface area (TPSA) is 123 Å². The Balaban J connectivity index is 0.000000491. The summed E-state index contributed by atoms with van der Waals surface area (Å²) in [6.07, 6.45) is 3.39. The number of benzene rings is 1. The molecule has 2 rings (SSSR count). The minimum atomic E-state index is -3.13. The second kappa shape index (κ2) is 8.09. The van der Waals surface area contributed by atoms with Crippen LogP contribution in [0.1, 0.15) is 12.0 Å². The molecule has 2 aromatic rings. The fourth-order valence-corrected chi connectivity index (χ4v) is 2.22. The van der Waals surface area contributed by atoms with Crippen molar-refractivity contribution in [3.05, 3.63) is 55.5 Å². The second-order valence-corrected chi connectivity index (χ2v) is 5.49. The normalized spacial score (nSPS) is 10.3. The van der Waals surface area contributed by atoms with Gasteiger partial charge in [0, 0.05) is 4.47 Å². The predicted molar refractivity (Wildman–Crippen MR) is 84.8 cm³/mol. The average molecular weight is 377 g/mol. The maximum Gasteiger partial charge on any atom is 0.314 e. The monoisotopic (exact) mass is 376 g/mol. The van der Waals surface area contributed by atoms with Gasteiger partial charge in [0.25, 0.3) is 0 Å². The van der Waals surface area contributed by atoms with E-state index >= 15 is 0 Å². The minimum absolute atomic E-state index is 0.625. The SMILES string of the molecule is C=CCCc1cc(Br)cc2[nH]c(=O)c(=O)[nH]c12.O=[PH](O)O.